The van der Waals surface area contributed by atoms with Gasteiger partial charge in [0.25, 0.3) is 0 Å². The van der Waals surface area contributed by atoms with Crippen molar-refractivity contribution in [2.45, 2.75) is 44.4 Å². The van der Waals surface area contributed by atoms with Gasteiger partial charge in [-0.1, -0.05) is 11.6 Å². The Morgan fingerprint density at radius 2 is 1.83 bits per heavy atom. The maximum atomic E-state index is 14.1. The van der Waals surface area contributed by atoms with Crippen molar-refractivity contribution in [2.75, 3.05) is 33.3 Å². The number of nitrogens with zero attached hydrogens (tertiary/aromatic N) is 2. The van der Waals surface area contributed by atoms with Gasteiger partial charge in [-0.15, -0.1) is 0 Å². The second kappa shape index (κ2) is 8.00. The van der Waals surface area contributed by atoms with E-state index in [-0.39, 0.29) is 11.9 Å². The van der Waals surface area contributed by atoms with Crippen LogP contribution in [0.3, 0.4) is 0 Å². The maximum absolute atomic E-state index is 14.1. The molecule has 2 aliphatic heterocycles. The molecule has 0 saturated carbocycles. The molecule has 2 fully saturated rings. The Labute approximate surface area is 148 Å². The first-order valence-corrected chi connectivity index (χ1v) is 9.11. The van der Waals surface area contributed by atoms with Crippen LogP contribution >= 0.6 is 11.6 Å². The van der Waals surface area contributed by atoms with E-state index in [1.165, 1.54) is 6.07 Å². The van der Waals surface area contributed by atoms with Gasteiger partial charge in [0.05, 0.1) is 18.2 Å². The normalized spacial score (nSPS) is 22.0. The highest BCUT2D eigenvalue weighted by Gasteiger charge is 2.28. The quantitative estimate of drug-likeness (QED) is 0.899. The minimum Gasteiger partial charge on any atom is -0.495 e. The van der Waals surface area contributed by atoms with Crippen LogP contribution in [0.4, 0.5) is 4.39 Å². The number of likely N-dealkylation sites (tertiary alicyclic amines) is 2. The molecule has 0 bridgehead atoms. The molecule has 2 heterocycles. The first-order chi connectivity index (χ1) is 11.6. The van der Waals surface area contributed by atoms with Crippen LogP contribution < -0.4 is 4.74 Å². The van der Waals surface area contributed by atoms with E-state index in [1.54, 1.807) is 13.2 Å². The zero-order valence-corrected chi connectivity index (χ0v) is 14.9. The number of rotatable bonds is 4. The van der Waals surface area contributed by atoms with Crippen LogP contribution in [0, 0.1) is 5.82 Å². The number of hydrogen-bond donors (Lipinski definition) is 1. The average molecular weight is 357 g/mol. The Morgan fingerprint density at radius 1 is 1.17 bits per heavy atom. The lowest BCUT2D eigenvalue weighted by molar-refractivity contribution is 0.0374. The molecule has 1 aromatic rings. The Balaban J connectivity index is 1.56. The molecule has 0 spiro atoms. The summed E-state index contributed by atoms with van der Waals surface area (Å²) < 4.78 is 19.3. The standard InChI is InChI=1S/C18H26ClFN2O2/c1-24-17-3-2-16(20)15(18(17)19)12-21-8-4-13(5-9-21)22-10-6-14(23)7-11-22/h2-3,13-14,23H,4-12H2,1H3. The summed E-state index contributed by atoms with van der Waals surface area (Å²) in [6.07, 6.45) is 3.80. The van der Waals surface area contributed by atoms with E-state index >= 15 is 0 Å². The molecule has 4 nitrogen and oxygen atoms in total. The predicted molar refractivity (Wildman–Crippen MR) is 93.1 cm³/mol. The van der Waals surface area contributed by atoms with Crippen molar-refractivity contribution in [1.82, 2.24) is 9.80 Å². The van der Waals surface area contributed by atoms with Crippen LogP contribution in [0.1, 0.15) is 31.2 Å². The number of hydrogen-bond acceptors (Lipinski definition) is 4. The van der Waals surface area contributed by atoms with Gasteiger partial charge >= 0.3 is 0 Å². The second-order valence-electron chi connectivity index (χ2n) is 6.82. The molecule has 2 aliphatic rings. The highest BCUT2D eigenvalue weighted by Crippen LogP contribution is 2.32. The molecule has 3 rings (SSSR count). The van der Waals surface area contributed by atoms with Crippen molar-refractivity contribution < 1.29 is 14.2 Å². The van der Waals surface area contributed by atoms with E-state index in [0.717, 1.165) is 51.9 Å². The van der Waals surface area contributed by atoms with Crippen molar-refractivity contribution in [3.05, 3.63) is 28.5 Å². The summed E-state index contributed by atoms with van der Waals surface area (Å²) in [6.45, 7) is 4.38. The minimum absolute atomic E-state index is 0.125. The van der Waals surface area contributed by atoms with Gasteiger partial charge < -0.3 is 14.7 Å². The summed E-state index contributed by atoms with van der Waals surface area (Å²) >= 11 is 6.27. The van der Waals surface area contributed by atoms with Crippen LogP contribution in [-0.4, -0.2) is 60.3 Å². The van der Waals surface area contributed by atoms with Crippen LogP contribution in [0.15, 0.2) is 12.1 Å². The van der Waals surface area contributed by atoms with Gasteiger partial charge in [0.2, 0.25) is 0 Å². The van der Waals surface area contributed by atoms with Gasteiger partial charge in [-0.3, -0.25) is 4.90 Å². The number of aliphatic hydroxyl groups is 1. The van der Waals surface area contributed by atoms with E-state index in [9.17, 15) is 9.50 Å². The van der Waals surface area contributed by atoms with Crippen LogP contribution in [0.2, 0.25) is 5.02 Å². The van der Waals surface area contributed by atoms with E-state index in [1.807, 2.05) is 0 Å². The number of methoxy groups -OCH3 is 1. The molecule has 24 heavy (non-hydrogen) atoms. The lowest BCUT2D eigenvalue weighted by Crippen LogP contribution is -2.48. The highest BCUT2D eigenvalue weighted by atomic mass is 35.5. The number of benzene rings is 1. The SMILES string of the molecule is COc1ccc(F)c(CN2CCC(N3CCC(O)CC3)CC2)c1Cl. The number of halogens is 2. The molecule has 0 amide bonds. The van der Waals surface area contributed by atoms with Crippen molar-refractivity contribution in [3.63, 3.8) is 0 Å². The molecular weight excluding hydrogens is 331 g/mol. The van der Waals surface area contributed by atoms with Gasteiger partial charge in [-0.05, 0) is 50.9 Å². The van der Waals surface area contributed by atoms with Crippen molar-refractivity contribution in [3.8, 4) is 5.75 Å². The number of ether oxygens (including phenoxy) is 1. The lowest BCUT2D eigenvalue weighted by Gasteiger charge is -2.41. The molecule has 6 heteroatoms. The lowest BCUT2D eigenvalue weighted by atomic mass is 9.98. The number of aliphatic hydroxyl groups excluding tert-OH is 1. The second-order valence-corrected chi connectivity index (χ2v) is 7.19. The monoisotopic (exact) mass is 356 g/mol. The third-order valence-corrected chi connectivity index (χ3v) is 5.74. The molecule has 0 radical (unpaired) electrons. The maximum Gasteiger partial charge on any atom is 0.137 e. The fraction of sp³-hybridized carbons (Fsp3) is 0.667. The van der Waals surface area contributed by atoms with Gasteiger partial charge in [0.1, 0.15) is 11.6 Å². The highest BCUT2D eigenvalue weighted by molar-refractivity contribution is 6.32. The molecule has 0 aromatic heterocycles. The fourth-order valence-electron chi connectivity index (χ4n) is 3.80. The molecule has 134 valence electrons. The van der Waals surface area contributed by atoms with Crippen LogP contribution in [0.5, 0.6) is 5.75 Å². The Morgan fingerprint density at radius 3 is 2.46 bits per heavy atom. The zero-order chi connectivity index (χ0) is 17.1. The summed E-state index contributed by atoms with van der Waals surface area (Å²) in [5, 5.41) is 10.0. The van der Waals surface area contributed by atoms with Crippen molar-refractivity contribution >= 4 is 11.6 Å². The molecular formula is C18H26ClFN2O2. The zero-order valence-electron chi connectivity index (χ0n) is 14.2. The topological polar surface area (TPSA) is 35.9 Å². The largest absolute Gasteiger partial charge is 0.495 e. The number of piperidine rings is 2. The summed E-state index contributed by atoms with van der Waals surface area (Å²) in [5.41, 5.74) is 0.524. The Bertz CT molecular complexity index is 556. The van der Waals surface area contributed by atoms with Gasteiger partial charge in [0.15, 0.2) is 0 Å². The van der Waals surface area contributed by atoms with Crippen LogP contribution in [0.25, 0.3) is 0 Å². The van der Waals surface area contributed by atoms with E-state index in [4.69, 9.17) is 16.3 Å². The first kappa shape index (κ1) is 17.9. The summed E-state index contributed by atoms with van der Waals surface area (Å²) in [5.74, 6) is 0.253. The van der Waals surface area contributed by atoms with Crippen molar-refractivity contribution in [2.24, 2.45) is 0 Å². The van der Waals surface area contributed by atoms with Crippen LogP contribution in [-0.2, 0) is 6.54 Å². The molecule has 0 aliphatic carbocycles. The minimum atomic E-state index is -0.270. The predicted octanol–water partition coefficient (Wildman–Crippen LogP) is 2.91. The summed E-state index contributed by atoms with van der Waals surface area (Å²) in [7, 11) is 1.55. The van der Waals surface area contributed by atoms with E-state index < -0.39 is 0 Å². The molecule has 0 atom stereocenters. The van der Waals surface area contributed by atoms with Crippen molar-refractivity contribution in [1.29, 1.82) is 0 Å². The van der Waals surface area contributed by atoms with Gasteiger partial charge in [-0.2, -0.15) is 0 Å². The smallest absolute Gasteiger partial charge is 0.137 e. The molecule has 2 saturated heterocycles. The van der Waals surface area contributed by atoms with Gasteiger partial charge in [0, 0.05) is 31.2 Å². The molecule has 1 aromatic carbocycles. The Hall–Kier alpha value is -0.880. The third kappa shape index (κ3) is 4.02. The Kier molecular flexibility index (Phi) is 5.98. The first-order valence-electron chi connectivity index (χ1n) is 8.74. The fourth-order valence-corrected chi connectivity index (χ4v) is 4.09. The van der Waals surface area contributed by atoms with E-state index in [0.29, 0.717) is 28.9 Å². The third-order valence-electron chi connectivity index (χ3n) is 5.32. The average Bonchev–Trinajstić information content (AvgIpc) is 2.60. The molecule has 1 N–H and O–H groups in total. The molecule has 0 unspecified atom stereocenters. The van der Waals surface area contributed by atoms with E-state index in [2.05, 4.69) is 9.80 Å². The summed E-state index contributed by atoms with van der Waals surface area (Å²) in [6, 6.07) is 3.57. The summed E-state index contributed by atoms with van der Waals surface area (Å²) in [4.78, 5) is 4.77. The van der Waals surface area contributed by atoms with Gasteiger partial charge in [-0.25, -0.2) is 4.39 Å².